The van der Waals surface area contributed by atoms with E-state index in [2.05, 4.69) is 36.6 Å². The Morgan fingerprint density at radius 2 is 1.85 bits per heavy atom. The Bertz CT molecular complexity index is 676. The van der Waals surface area contributed by atoms with Gasteiger partial charge in [-0.15, -0.1) is 0 Å². The SMILES string of the molecule is Cc1ccc(-c2nc(C3CC3)n(C3CC3)c2N)cc1C. The van der Waals surface area contributed by atoms with E-state index in [4.69, 9.17) is 10.7 Å². The van der Waals surface area contributed by atoms with Crippen LogP contribution in [0.4, 0.5) is 5.82 Å². The van der Waals surface area contributed by atoms with E-state index in [1.54, 1.807) is 0 Å². The number of aryl methyl sites for hydroxylation is 2. The first-order chi connectivity index (χ1) is 9.65. The van der Waals surface area contributed by atoms with Crippen LogP contribution in [0.3, 0.4) is 0 Å². The van der Waals surface area contributed by atoms with Crippen molar-refractivity contribution in [3.05, 3.63) is 35.2 Å². The molecule has 1 aromatic carbocycles. The third-order valence-corrected chi connectivity index (χ3v) is 4.61. The molecule has 3 heteroatoms. The summed E-state index contributed by atoms with van der Waals surface area (Å²) in [6.45, 7) is 4.29. The van der Waals surface area contributed by atoms with Crippen LogP contribution in [0.2, 0.25) is 0 Å². The summed E-state index contributed by atoms with van der Waals surface area (Å²) < 4.78 is 2.32. The number of hydrogen-bond donors (Lipinski definition) is 1. The zero-order valence-electron chi connectivity index (χ0n) is 12.2. The quantitative estimate of drug-likeness (QED) is 0.914. The number of nitrogens with two attached hydrogens (primary N) is 1. The number of nitrogen functional groups attached to an aromatic ring is 1. The minimum absolute atomic E-state index is 0.610. The Kier molecular flexibility index (Phi) is 2.47. The number of rotatable bonds is 3. The summed E-state index contributed by atoms with van der Waals surface area (Å²) in [7, 11) is 0. The van der Waals surface area contributed by atoms with Crippen molar-refractivity contribution in [1.29, 1.82) is 0 Å². The Balaban J connectivity index is 1.84. The van der Waals surface area contributed by atoms with Gasteiger partial charge in [0.15, 0.2) is 0 Å². The van der Waals surface area contributed by atoms with Gasteiger partial charge in [0.05, 0.1) is 0 Å². The molecule has 2 saturated carbocycles. The maximum absolute atomic E-state index is 6.43. The normalized spacial score (nSPS) is 18.5. The summed E-state index contributed by atoms with van der Waals surface area (Å²) in [5.41, 5.74) is 11.2. The highest BCUT2D eigenvalue weighted by atomic mass is 15.2. The van der Waals surface area contributed by atoms with Gasteiger partial charge in [-0.25, -0.2) is 4.98 Å². The molecule has 2 aliphatic carbocycles. The molecule has 4 rings (SSSR count). The van der Waals surface area contributed by atoms with Gasteiger partial charge in [-0.3, -0.25) is 0 Å². The van der Waals surface area contributed by atoms with Crippen LogP contribution in [0.25, 0.3) is 11.3 Å². The van der Waals surface area contributed by atoms with Crippen LogP contribution in [0.1, 0.15) is 54.6 Å². The molecule has 1 aromatic heterocycles. The predicted octanol–water partition coefficient (Wildman–Crippen LogP) is 3.96. The van der Waals surface area contributed by atoms with Gasteiger partial charge in [-0.2, -0.15) is 0 Å². The van der Waals surface area contributed by atoms with Gasteiger partial charge in [0, 0.05) is 17.5 Å². The van der Waals surface area contributed by atoms with Crippen molar-refractivity contribution in [3.63, 3.8) is 0 Å². The second-order valence-electron chi connectivity index (χ2n) is 6.38. The molecule has 0 amide bonds. The van der Waals surface area contributed by atoms with Crippen molar-refractivity contribution in [1.82, 2.24) is 9.55 Å². The van der Waals surface area contributed by atoms with Crippen LogP contribution in [-0.4, -0.2) is 9.55 Å². The van der Waals surface area contributed by atoms with Gasteiger partial charge in [-0.05, 0) is 56.7 Å². The van der Waals surface area contributed by atoms with Crippen LogP contribution >= 0.6 is 0 Å². The highest BCUT2D eigenvalue weighted by Gasteiger charge is 2.36. The molecule has 0 saturated heterocycles. The molecule has 0 aliphatic heterocycles. The van der Waals surface area contributed by atoms with E-state index in [0.717, 1.165) is 17.1 Å². The number of benzene rings is 1. The lowest BCUT2D eigenvalue weighted by atomic mass is 10.0. The first-order valence-corrected chi connectivity index (χ1v) is 7.60. The molecule has 2 N–H and O–H groups in total. The fourth-order valence-electron chi connectivity index (χ4n) is 2.91. The molecule has 0 bridgehead atoms. The number of aromatic nitrogens is 2. The lowest BCUT2D eigenvalue weighted by molar-refractivity contribution is 0.691. The first kappa shape index (κ1) is 12.0. The number of anilines is 1. The fourth-order valence-corrected chi connectivity index (χ4v) is 2.91. The smallest absolute Gasteiger partial charge is 0.132 e. The Morgan fingerprint density at radius 1 is 1.10 bits per heavy atom. The van der Waals surface area contributed by atoms with Crippen LogP contribution < -0.4 is 5.73 Å². The number of nitrogens with zero attached hydrogens (tertiary/aromatic N) is 2. The lowest BCUT2D eigenvalue weighted by Crippen LogP contribution is -2.04. The summed E-state index contributed by atoms with van der Waals surface area (Å²) in [5.74, 6) is 2.76. The van der Waals surface area contributed by atoms with E-state index in [-0.39, 0.29) is 0 Å². The summed E-state index contributed by atoms with van der Waals surface area (Å²) in [5, 5.41) is 0. The van der Waals surface area contributed by atoms with Crippen LogP contribution in [0.15, 0.2) is 18.2 Å². The standard InChI is InChI=1S/C17H21N3/c1-10-3-4-13(9-11(10)2)15-16(18)20(14-7-8-14)17(19-15)12-5-6-12/h3-4,9,12,14H,5-8,18H2,1-2H3. The highest BCUT2D eigenvalue weighted by Crippen LogP contribution is 2.48. The van der Waals surface area contributed by atoms with Crippen LogP contribution in [-0.2, 0) is 0 Å². The van der Waals surface area contributed by atoms with Gasteiger partial charge in [-0.1, -0.05) is 12.1 Å². The van der Waals surface area contributed by atoms with E-state index in [1.165, 1.54) is 42.6 Å². The van der Waals surface area contributed by atoms with E-state index in [0.29, 0.717) is 12.0 Å². The predicted molar refractivity (Wildman–Crippen MR) is 81.8 cm³/mol. The molecule has 2 aliphatic rings. The topological polar surface area (TPSA) is 43.8 Å². The van der Waals surface area contributed by atoms with Gasteiger partial charge < -0.3 is 10.3 Å². The molecule has 20 heavy (non-hydrogen) atoms. The second kappa shape index (κ2) is 4.11. The molecule has 3 nitrogen and oxygen atoms in total. The van der Waals surface area contributed by atoms with Crippen LogP contribution in [0, 0.1) is 13.8 Å². The lowest BCUT2D eigenvalue weighted by Gasteiger charge is -2.07. The minimum Gasteiger partial charge on any atom is -0.383 e. The van der Waals surface area contributed by atoms with Crippen LogP contribution in [0.5, 0.6) is 0 Å². The molecule has 0 spiro atoms. The number of imidazole rings is 1. The average molecular weight is 267 g/mol. The summed E-state index contributed by atoms with van der Waals surface area (Å²) >= 11 is 0. The molecule has 2 fully saturated rings. The van der Waals surface area contributed by atoms with Gasteiger partial charge in [0.2, 0.25) is 0 Å². The number of hydrogen-bond acceptors (Lipinski definition) is 2. The Labute approximate surface area is 119 Å². The second-order valence-corrected chi connectivity index (χ2v) is 6.38. The molecule has 0 atom stereocenters. The van der Waals surface area contributed by atoms with E-state index in [9.17, 15) is 0 Å². The fraction of sp³-hybridized carbons (Fsp3) is 0.471. The highest BCUT2D eigenvalue weighted by molar-refractivity contribution is 5.72. The zero-order chi connectivity index (χ0) is 13.9. The molecular formula is C17H21N3. The van der Waals surface area contributed by atoms with Crippen molar-refractivity contribution in [2.24, 2.45) is 0 Å². The van der Waals surface area contributed by atoms with E-state index in [1.807, 2.05) is 0 Å². The Hall–Kier alpha value is -1.77. The molecule has 1 heterocycles. The largest absolute Gasteiger partial charge is 0.383 e. The van der Waals surface area contributed by atoms with E-state index >= 15 is 0 Å². The maximum Gasteiger partial charge on any atom is 0.132 e. The summed E-state index contributed by atoms with van der Waals surface area (Å²) in [4.78, 5) is 4.91. The molecule has 104 valence electrons. The van der Waals surface area contributed by atoms with Crippen molar-refractivity contribution in [3.8, 4) is 11.3 Å². The first-order valence-electron chi connectivity index (χ1n) is 7.60. The molecule has 2 aromatic rings. The average Bonchev–Trinajstić information content (AvgIpc) is 3.32. The van der Waals surface area contributed by atoms with Gasteiger partial charge >= 0.3 is 0 Å². The zero-order valence-corrected chi connectivity index (χ0v) is 12.2. The maximum atomic E-state index is 6.43. The Morgan fingerprint density at radius 3 is 2.45 bits per heavy atom. The van der Waals surface area contributed by atoms with Crippen molar-refractivity contribution in [2.75, 3.05) is 5.73 Å². The van der Waals surface area contributed by atoms with E-state index < -0.39 is 0 Å². The van der Waals surface area contributed by atoms with Crippen molar-refractivity contribution >= 4 is 5.82 Å². The van der Waals surface area contributed by atoms with Crippen molar-refractivity contribution in [2.45, 2.75) is 51.5 Å². The summed E-state index contributed by atoms with van der Waals surface area (Å²) in [6, 6.07) is 7.13. The van der Waals surface area contributed by atoms with Gasteiger partial charge in [0.1, 0.15) is 17.3 Å². The molecule has 0 radical (unpaired) electrons. The summed E-state index contributed by atoms with van der Waals surface area (Å²) in [6.07, 6.45) is 5.06. The molecular weight excluding hydrogens is 246 g/mol. The molecule has 0 unspecified atom stereocenters. The third kappa shape index (κ3) is 1.84. The third-order valence-electron chi connectivity index (χ3n) is 4.61. The van der Waals surface area contributed by atoms with Gasteiger partial charge in [0.25, 0.3) is 0 Å². The monoisotopic (exact) mass is 267 g/mol. The minimum atomic E-state index is 0.610. The van der Waals surface area contributed by atoms with Crippen molar-refractivity contribution < 1.29 is 0 Å².